The SMILES string of the molecule is Cc1nccn1CCNc1ccc(C(C)C)cc1. The second-order valence-electron chi connectivity index (χ2n) is 4.87. The van der Waals surface area contributed by atoms with Crippen molar-refractivity contribution >= 4 is 5.69 Å². The quantitative estimate of drug-likeness (QED) is 0.872. The molecule has 3 heteroatoms. The minimum absolute atomic E-state index is 0.590. The van der Waals surface area contributed by atoms with E-state index in [-0.39, 0.29) is 0 Å². The maximum absolute atomic E-state index is 4.21. The normalized spacial score (nSPS) is 10.9. The zero-order valence-corrected chi connectivity index (χ0v) is 11.4. The lowest BCUT2D eigenvalue weighted by atomic mass is 10.0. The van der Waals surface area contributed by atoms with Gasteiger partial charge in [0.2, 0.25) is 0 Å². The van der Waals surface area contributed by atoms with Gasteiger partial charge in [-0.25, -0.2) is 4.98 Å². The number of aromatic nitrogens is 2. The average Bonchev–Trinajstić information content (AvgIpc) is 2.76. The molecule has 0 fully saturated rings. The molecule has 0 aliphatic heterocycles. The summed E-state index contributed by atoms with van der Waals surface area (Å²) in [5, 5.41) is 3.43. The van der Waals surface area contributed by atoms with Gasteiger partial charge in [-0.05, 0) is 30.5 Å². The molecule has 96 valence electrons. The van der Waals surface area contributed by atoms with Gasteiger partial charge in [0.25, 0.3) is 0 Å². The molecule has 0 amide bonds. The highest BCUT2D eigenvalue weighted by Gasteiger charge is 1.99. The van der Waals surface area contributed by atoms with E-state index in [1.165, 1.54) is 11.3 Å². The van der Waals surface area contributed by atoms with Crippen molar-refractivity contribution < 1.29 is 0 Å². The molecule has 1 aromatic carbocycles. The van der Waals surface area contributed by atoms with Gasteiger partial charge in [-0.1, -0.05) is 26.0 Å². The molecule has 0 saturated carbocycles. The summed E-state index contributed by atoms with van der Waals surface area (Å²) in [6.07, 6.45) is 3.85. The van der Waals surface area contributed by atoms with Gasteiger partial charge in [0.1, 0.15) is 5.82 Å². The van der Waals surface area contributed by atoms with Crippen molar-refractivity contribution in [3.63, 3.8) is 0 Å². The standard InChI is InChI=1S/C15H21N3/c1-12(2)14-4-6-15(7-5-14)17-9-11-18-10-8-16-13(18)3/h4-8,10,12,17H,9,11H2,1-3H3. The number of imidazole rings is 1. The molecule has 2 aromatic rings. The van der Waals surface area contributed by atoms with E-state index in [1.807, 2.05) is 19.3 Å². The number of hydrogen-bond donors (Lipinski definition) is 1. The fourth-order valence-electron chi connectivity index (χ4n) is 1.95. The number of aryl methyl sites for hydroxylation is 1. The van der Waals surface area contributed by atoms with Crippen LogP contribution < -0.4 is 5.32 Å². The molecule has 2 rings (SSSR count). The Morgan fingerprint density at radius 1 is 1.22 bits per heavy atom. The smallest absolute Gasteiger partial charge is 0.105 e. The molecule has 1 aromatic heterocycles. The summed E-state index contributed by atoms with van der Waals surface area (Å²) >= 11 is 0. The molecule has 1 N–H and O–H groups in total. The Morgan fingerprint density at radius 3 is 2.50 bits per heavy atom. The number of rotatable bonds is 5. The van der Waals surface area contributed by atoms with Crippen LogP contribution in [-0.4, -0.2) is 16.1 Å². The summed E-state index contributed by atoms with van der Waals surface area (Å²) in [7, 11) is 0. The highest BCUT2D eigenvalue weighted by atomic mass is 15.1. The molecule has 0 bridgehead atoms. The molecule has 0 aliphatic carbocycles. The van der Waals surface area contributed by atoms with E-state index in [0.29, 0.717) is 5.92 Å². The van der Waals surface area contributed by atoms with E-state index >= 15 is 0 Å². The van der Waals surface area contributed by atoms with Crippen LogP contribution in [0.5, 0.6) is 0 Å². The van der Waals surface area contributed by atoms with E-state index < -0.39 is 0 Å². The topological polar surface area (TPSA) is 29.9 Å². The first-order valence-electron chi connectivity index (χ1n) is 6.48. The van der Waals surface area contributed by atoms with Gasteiger partial charge in [0.15, 0.2) is 0 Å². The summed E-state index contributed by atoms with van der Waals surface area (Å²) in [5.74, 6) is 1.65. The van der Waals surface area contributed by atoms with Crippen molar-refractivity contribution in [3.05, 3.63) is 48.0 Å². The highest BCUT2D eigenvalue weighted by molar-refractivity contribution is 5.45. The minimum atomic E-state index is 0.590. The second-order valence-corrected chi connectivity index (χ2v) is 4.87. The number of nitrogens with zero attached hydrogens (tertiary/aromatic N) is 2. The van der Waals surface area contributed by atoms with Crippen LogP contribution in [0.2, 0.25) is 0 Å². The Bertz CT molecular complexity index is 483. The van der Waals surface area contributed by atoms with Crippen LogP contribution in [0.15, 0.2) is 36.7 Å². The lowest BCUT2D eigenvalue weighted by molar-refractivity contribution is 0.701. The molecule has 0 aliphatic rings. The number of hydrogen-bond acceptors (Lipinski definition) is 2. The molecular weight excluding hydrogens is 222 g/mol. The third kappa shape index (κ3) is 3.13. The van der Waals surface area contributed by atoms with E-state index in [4.69, 9.17) is 0 Å². The fourth-order valence-corrected chi connectivity index (χ4v) is 1.95. The molecule has 3 nitrogen and oxygen atoms in total. The predicted octanol–water partition coefficient (Wildman–Crippen LogP) is 3.43. The largest absolute Gasteiger partial charge is 0.383 e. The van der Waals surface area contributed by atoms with Crippen LogP contribution in [0.3, 0.4) is 0 Å². The molecule has 18 heavy (non-hydrogen) atoms. The Labute approximate surface area is 109 Å². The Kier molecular flexibility index (Phi) is 4.03. The maximum atomic E-state index is 4.21. The molecule has 0 radical (unpaired) electrons. The van der Waals surface area contributed by atoms with E-state index in [0.717, 1.165) is 18.9 Å². The van der Waals surface area contributed by atoms with Crippen LogP contribution in [0.4, 0.5) is 5.69 Å². The first-order valence-corrected chi connectivity index (χ1v) is 6.48. The maximum Gasteiger partial charge on any atom is 0.105 e. The predicted molar refractivity (Wildman–Crippen MR) is 76.0 cm³/mol. The minimum Gasteiger partial charge on any atom is -0.383 e. The summed E-state index contributed by atoms with van der Waals surface area (Å²) in [6.45, 7) is 8.31. The van der Waals surface area contributed by atoms with Gasteiger partial charge in [-0.15, -0.1) is 0 Å². The van der Waals surface area contributed by atoms with Gasteiger partial charge in [-0.2, -0.15) is 0 Å². The third-order valence-corrected chi connectivity index (χ3v) is 3.18. The van der Waals surface area contributed by atoms with Crippen molar-refractivity contribution in [3.8, 4) is 0 Å². The number of anilines is 1. The summed E-state index contributed by atoms with van der Waals surface area (Å²) in [5.41, 5.74) is 2.56. The third-order valence-electron chi connectivity index (χ3n) is 3.18. The highest BCUT2D eigenvalue weighted by Crippen LogP contribution is 2.16. The first kappa shape index (κ1) is 12.7. The first-order chi connectivity index (χ1) is 8.66. The van der Waals surface area contributed by atoms with Crippen molar-refractivity contribution in [2.45, 2.75) is 33.2 Å². The molecule has 1 heterocycles. The van der Waals surface area contributed by atoms with Crippen molar-refractivity contribution in [2.75, 3.05) is 11.9 Å². The van der Waals surface area contributed by atoms with Gasteiger partial charge < -0.3 is 9.88 Å². The zero-order chi connectivity index (χ0) is 13.0. The summed E-state index contributed by atoms with van der Waals surface area (Å²) < 4.78 is 2.15. The van der Waals surface area contributed by atoms with Crippen molar-refractivity contribution in [2.24, 2.45) is 0 Å². The van der Waals surface area contributed by atoms with Gasteiger partial charge >= 0.3 is 0 Å². The second kappa shape index (κ2) is 5.71. The molecule has 0 spiro atoms. The number of benzene rings is 1. The Balaban J connectivity index is 1.85. The Morgan fingerprint density at radius 2 is 1.94 bits per heavy atom. The van der Waals surface area contributed by atoms with E-state index in [9.17, 15) is 0 Å². The summed E-state index contributed by atoms with van der Waals surface area (Å²) in [6, 6.07) is 8.68. The van der Waals surface area contributed by atoms with Crippen LogP contribution >= 0.6 is 0 Å². The molecular formula is C15H21N3. The average molecular weight is 243 g/mol. The van der Waals surface area contributed by atoms with Crippen LogP contribution in [-0.2, 0) is 6.54 Å². The molecule has 0 unspecified atom stereocenters. The van der Waals surface area contributed by atoms with Crippen molar-refractivity contribution in [1.82, 2.24) is 9.55 Å². The number of nitrogens with one attached hydrogen (secondary N) is 1. The lowest BCUT2D eigenvalue weighted by Crippen LogP contribution is -2.11. The van der Waals surface area contributed by atoms with Gasteiger partial charge in [0.05, 0.1) is 0 Å². The lowest BCUT2D eigenvalue weighted by Gasteiger charge is -2.10. The monoisotopic (exact) mass is 243 g/mol. The van der Waals surface area contributed by atoms with Gasteiger partial charge in [0, 0.05) is 31.2 Å². The van der Waals surface area contributed by atoms with Crippen LogP contribution in [0.1, 0.15) is 31.2 Å². The molecule has 0 saturated heterocycles. The van der Waals surface area contributed by atoms with E-state index in [1.54, 1.807) is 0 Å². The van der Waals surface area contributed by atoms with Crippen molar-refractivity contribution in [1.29, 1.82) is 0 Å². The fraction of sp³-hybridized carbons (Fsp3) is 0.400. The van der Waals surface area contributed by atoms with Gasteiger partial charge in [-0.3, -0.25) is 0 Å². The zero-order valence-electron chi connectivity index (χ0n) is 11.4. The Hall–Kier alpha value is -1.77. The molecule has 0 atom stereocenters. The van der Waals surface area contributed by atoms with E-state index in [2.05, 4.69) is 53.0 Å². The summed E-state index contributed by atoms with van der Waals surface area (Å²) in [4.78, 5) is 4.21. The van der Waals surface area contributed by atoms with Crippen LogP contribution in [0.25, 0.3) is 0 Å². The van der Waals surface area contributed by atoms with Crippen LogP contribution in [0, 0.1) is 6.92 Å².